The van der Waals surface area contributed by atoms with Crippen molar-refractivity contribution in [2.24, 2.45) is 0 Å². The van der Waals surface area contributed by atoms with Crippen LogP contribution in [-0.2, 0) is 10.3 Å². The molecule has 0 aliphatic heterocycles. The highest BCUT2D eigenvalue weighted by Crippen LogP contribution is 2.23. The molecule has 0 aromatic heterocycles. The molecular weight excluding hydrogens is 314 g/mol. The Hall–Kier alpha value is -2.30. The number of allylic oxidation sites excluding steroid dienone is 1. The van der Waals surface area contributed by atoms with Crippen molar-refractivity contribution in [1.82, 2.24) is 16.0 Å². The minimum Gasteiger partial charge on any atom is -0.359 e. The third-order valence-corrected chi connectivity index (χ3v) is 4.15. The summed E-state index contributed by atoms with van der Waals surface area (Å²) in [5.41, 5.74) is 2.63. The molecule has 1 aromatic carbocycles. The lowest BCUT2D eigenvalue weighted by molar-refractivity contribution is -0.120. The number of unbranched alkanes of at least 4 members (excludes halogenated alkanes) is 2. The van der Waals surface area contributed by atoms with E-state index < -0.39 is 5.54 Å². The van der Waals surface area contributed by atoms with Crippen LogP contribution < -0.4 is 16.0 Å². The molecule has 0 saturated carbocycles. The van der Waals surface area contributed by atoms with Gasteiger partial charge in [0.25, 0.3) is 0 Å². The van der Waals surface area contributed by atoms with Crippen molar-refractivity contribution in [2.75, 3.05) is 13.6 Å². The van der Waals surface area contributed by atoms with Gasteiger partial charge in [0.05, 0.1) is 5.54 Å². The zero-order valence-corrected chi connectivity index (χ0v) is 15.9. The average molecular weight is 345 g/mol. The summed E-state index contributed by atoms with van der Waals surface area (Å²) in [6, 6.07) is 7.87. The molecule has 25 heavy (non-hydrogen) atoms. The standard InChI is InChI=1S/C20H31N3O2/c1-15(2)16-10-9-11-17(14-16)20(3,4)23-19(25)22-13-8-6-7-12-18(24)21-5/h9-11,14H,1,6-8,12-13H2,2-5H3,(H,21,24)(H2,22,23,25). The van der Waals surface area contributed by atoms with Gasteiger partial charge in [-0.3, -0.25) is 4.79 Å². The van der Waals surface area contributed by atoms with E-state index in [0.29, 0.717) is 13.0 Å². The molecule has 1 rings (SSSR count). The van der Waals surface area contributed by atoms with Crippen molar-refractivity contribution in [3.05, 3.63) is 42.0 Å². The molecule has 3 amide bonds. The summed E-state index contributed by atoms with van der Waals surface area (Å²) in [4.78, 5) is 23.2. The van der Waals surface area contributed by atoms with Gasteiger partial charge in [-0.15, -0.1) is 0 Å². The van der Waals surface area contributed by atoms with Crippen LogP contribution in [0.1, 0.15) is 57.6 Å². The molecule has 1 aromatic rings. The first-order valence-corrected chi connectivity index (χ1v) is 8.79. The summed E-state index contributed by atoms with van der Waals surface area (Å²) in [5.74, 6) is 0.0597. The molecule has 5 heteroatoms. The molecule has 0 radical (unpaired) electrons. The number of benzene rings is 1. The Morgan fingerprint density at radius 2 is 1.88 bits per heavy atom. The summed E-state index contributed by atoms with van der Waals surface area (Å²) in [6.07, 6.45) is 3.14. The first-order valence-electron chi connectivity index (χ1n) is 8.79. The summed E-state index contributed by atoms with van der Waals surface area (Å²) >= 11 is 0. The maximum absolute atomic E-state index is 12.1. The van der Waals surface area contributed by atoms with Gasteiger partial charge < -0.3 is 16.0 Å². The van der Waals surface area contributed by atoms with Gasteiger partial charge in [-0.1, -0.05) is 36.8 Å². The van der Waals surface area contributed by atoms with Gasteiger partial charge in [-0.05, 0) is 50.8 Å². The van der Waals surface area contributed by atoms with Gasteiger partial charge in [-0.2, -0.15) is 0 Å². The largest absolute Gasteiger partial charge is 0.359 e. The first-order chi connectivity index (χ1) is 11.8. The molecule has 0 fully saturated rings. The maximum atomic E-state index is 12.1. The highest BCUT2D eigenvalue weighted by atomic mass is 16.2. The SMILES string of the molecule is C=C(C)c1cccc(C(C)(C)NC(=O)NCCCCCC(=O)NC)c1. The second-order valence-corrected chi connectivity index (χ2v) is 6.85. The van der Waals surface area contributed by atoms with Crippen molar-refractivity contribution in [3.8, 4) is 0 Å². The van der Waals surface area contributed by atoms with Gasteiger partial charge in [-0.25, -0.2) is 4.79 Å². The Balaban J connectivity index is 2.41. The van der Waals surface area contributed by atoms with E-state index in [1.807, 2.05) is 39.0 Å². The topological polar surface area (TPSA) is 70.2 Å². The van der Waals surface area contributed by atoms with Crippen molar-refractivity contribution in [1.29, 1.82) is 0 Å². The quantitative estimate of drug-likeness (QED) is 0.599. The van der Waals surface area contributed by atoms with Crippen LogP contribution in [0.25, 0.3) is 5.57 Å². The van der Waals surface area contributed by atoms with Crippen molar-refractivity contribution < 1.29 is 9.59 Å². The van der Waals surface area contributed by atoms with Crippen LogP contribution in [0.5, 0.6) is 0 Å². The van der Waals surface area contributed by atoms with Crippen molar-refractivity contribution in [3.63, 3.8) is 0 Å². The van der Waals surface area contributed by atoms with Crippen LogP contribution in [0.15, 0.2) is 30.8 Å². The number of carbonyl (C=O) groups excluding carboxylic acids is 2. The number of amides is 3. The normalized spacial score (nSPS) is 10.9. The zero-order valence-electron chi connectivity index (χ0n) is 15.9. The molecule has 0 aliphatic carbocycles. The molecular formula is C20H31N3O2. The number of hydrogen-bond acceptors (Lipinski definition) is 2. The smallest absolute Gasteiger partial charge is 0.315 e. The van der Waals surface area contributed by atoms with E-state index in [0.717, 1.165) is 36.0 Å². The molecule has 0 saturated heterocycles. The summed E-state index contributed by atoms with van der Waals surface area (Å²) in [6.45, 7) is 10.5. The number of nitrogens with one attached hydrogen (secondary N) is 3. The summed E-state index contributed by atoms with van der Waals surface area (Å²) in [5, 5.41) is 8.50. The van der Waals surface area contributed by atoms with Gasteiger partial charge in [0.15, 0.2) is 0 Å². The van der Waals surface area contributed by atoms with Crippen LogP contribution >= 0.6 is 0 Å². The molecule has 0 unspecified atom stereocenters. The minimum absolute atomic E-state index is 0.0597. The zero-order chi connectivity index (χ0) is 18.9. The third kappa shape index (κ3) is 7.42. The molecule has 0 spiro atoms. The summed E-state index contributed by atoms with van der Waals surface area (Å²) in [7, 11) is 1.64. The molecule has 138 valence electrons. The monoisotopic (exact) mass is 345 g/mol. The van der Waals surface area contributed by atoms with Gasteiger partial charge in [0.2, 0.25) is 5.91 Å². The number of hydrogen-bond donors (Lipinski definition) is 3. The highest BCUT2D eigenvalue weighted by molar-refractivity contribution is 5.75. The Morgan fingerprint density at radius 3 is 2.52 bits per heavy atom. The molecule has 0 aliphatic rings. The fourth-order valence-electron chi connectivity index (χ4n) is 2.49. The van der Waals surface area contributed by atoms with Crippen LogP contribution in [-0.4, -0.2) is 25.5 Å². The van der Waals surface area contributed by atoms with Gasteiger partial charge >= 0.3 is 6.03 Å². The minimum atomic E-state index is -0.477. The van der Waals surface area contributed by atoms with E-state index in [1.165, 1.54) is 0 Å². The maximum Gasteiger partial charge on any atom is 0.315 e. The molecule has 0 heterocycles. The first kappa shape index (κ1) is 20.7. The fourth-order valence-corrected chi connectivity index (χ4v) is 2.49. The van der Waals surface area contributed by atoms with Crippen LogP contribution in [0.3, 0.4) is 0 Å². The van der Waals surface area contributed by atoms with Crippen LogP contribution in [0, 0.1) is 0 Å². The Labute approximate surface area is 151 Å². The molecule has 0 bridgehead atoms. The predicted molar refractivity (Wildman–Crippen MR) is 103 cm³/mol. The van der Waals surface area contributed by atoms with Crippen molar-refractivity contribution in [2.45, 2.75) is 52.0 Å². The second-order valence-electron chi connectivity index (χ2n) is 6.85. The lowest BCUT2D eigenvalue weighted by atomic mass is 9.92. The number of carbonyl (C=O) groups is 2. The Bertz CT molecular complexity index is 609. The predicted octanol–water partition coefficient (Wildman–Crippen LogP) is 3.56. The molecule has 5 nitrogen and oxygen atoms in total. The Kier molecular flexibility index (Phi) is 8.19. The second kappa shape index (κ2) is 9.87. The Morgan fingerprint density at radius 1 is 1.16 bits per heavy atom. The van der Waals surface area contributed by atoms with Crippen molar-refractivity contribution >= 4 is 17.5 Å². The lowest BCUT2D eigenvalue weighted by Gasteiger charge is -2.27. The van der Waals surface area contributed by atoms with Gasteiger partial charge in [0, 0.05) is 20.0 Å². The lowest BCUT2D eigenvalue weighted by Crippen LogP contribution is -2.46. The average Bonchev–Trinajstić information content (AvgIpc) is 2.57. The molecule has 0 atom stereocenters. The number of urea groups is 1. The van der Waals surface area contributed by atoms with E-state index >= 15 is 0 Å². The fraction of sp³-hybridized carbons (Fsp3) is 0.500. The number of rotatable bonds is 9. The summed E-state index contributed by atoms with van der Waals surface area (Å²) < 4.78 is 0. The van der Waals surface area contributed by atoms with E-state index in [9.17, 15) is 9.59 Å². The third-order valence-electron chi connectivity index (χ3n) is 4.15. The molecule has 3 N–H and O–H groups in total. The van der Waals surface area contributed by atoms with E-state index in [-0.39, 0.29) is 11.9 Å². The van der Waals surface area contributed by atoms with E-state index in [2.05, 4.69) is 28.6 Å². The van der Waals surface area contributed by atoms with Gasteiger partial charge in [0.1, 0.15) is 0 Å². The van der Waals surface area contributed by atoms with Crippen LogP contribution in [0.2, 0.25) is 0 Å². The highest BCUT2D eigenvalue weighted by Gasteiger charge is 2.22. The van der Waals surface area contributed by atoms with E-state index in [4.69, 9.17) is 0 Å². The van der Waals surface area contributed by atoms with Crippen LogP contribution in [0.4, 0.5) is 4.79 Å². The van der Waals surface area contributed by atoms with E-state index in [1.54, 1.807) is 7.05 Å².